The lowest BCUT2D eigenvalue weighted by Crippen LogP contribution is -2.51. The van der Waals surface area contributed by atoms with Gasteiger partial charge in [-0.05, 0) is 51.2 Å². The van der Waals surface area contributed by atoms with Crippen molar-refractivity contribution in [3.05, 3.63) is 17.0 Å². The number of hydrogen-bond acceptors (Lipinski definition) is 6. The van der Waals surface area contributed by atoms with Crippen molar-refractivity contribution >= 4 is 34.1 Å². The van der Waals surface area contributed by atoms with Gasteiger partial charge in [0.2, 0.25) is 11.8 Å². The Morgan fingerprint density at radius 3 is 2.48 bits per heavy atom. The molecule has 8 nitrogen and oxygen atoms in total. The Hall–Kier alpha value is -1.97. The van der Waals surface area contributed by atoms with E-state index in [-0.39, 0.29) is 29.9 Å². The molecule has 2 unspecified atom stereocenters. The number of anilines is 1. The number of nitrogens with zero attached hydrogens (tertiary/aromatic N) is 2. The molecule has 160 valence electrons. The Morgan fingerprint density at radius 2 is 1.86 bits per heavy atom. The molecule has 0 aliphatic carbocycles. The van der Waals surface area contributed by atoms with Gasteiger partial charge in [-0.1, -0.05) is 0 Å². The van der Waals surface area contributed by atoms with Crippen LogP contribution in [0.25, 0.3) is 0 Å². The van der Waals surface area contributed by atoms with Crippen LogP contribution >= 0.6 is 11.3 Å². The van der Waals surface area contributed by atoms with Crippen molar-refractivity contribution in [1.82, 2.24) is 9.80 Å². The first-order valence-electron chi connectivity index (χ1n) is 10.2. The maximum atomic E-state index is 12.8. The lowest BCUT2D eigenvalue weighted by molar-refractivity contribution is -0.149. The summed E-state index contributed by atoms with van der Waals surface area (Å²) in [6, 6.07) is 1.61. The zero-order valence-corrected chi connectivity index (χ0v) is 17.9. The maximum absolute atomic E-state index is 12.8. The van der Waals surface area contributed by atoms with Gasteiger partial charge in [-0.15, -0.1) is 11.3 Å². The van der Waals surface area contributed by atoms with Crippen LogP contribution < -0.4 is 11.1 Å². The third-order valence-corrected chi connectivity index (χ3v) is 6.34. The number of primary amides is 1. The van der Waals surface area contributed by atoms with Gasteiger partial charge in [-0.2, -0.15) is 0 Å². The molecule has 3 amide bonds. The third kappa shape index (κ3) is 5.77. The minimum absolute atomic E-state index is 0.0572. The number of carbonyl (C=O) groups excluding carboxylic acids is 3. The van der Waals surface area contributed by atoms with E-state index in [1.54, 1.807) is 11.4 Å². The number of rotatable bonds is 6. The highest BCUT2D eigenvalue weighted by molar-refractivity contribution is 7.14. The van der Waals surface area contributed by atoms with E-state index in [2.05, 4.69) is 10.2 Å². The van der Waals surface area contributed by atoms with E-state index in [9.17, 15) is 14.4 Å². The molecule has 2 aliphatic heterocycles. The molecule has 0 radical (unpaired) electrons. The predicted molar refractivity (Wildman–Crippen MR) is 112 cm³/mol. The van der Waals surface area contributed by atoms with Crippen LogP contribution in [0.1, 0.15) is 43.5 Å². The van der Waals surface area contributed by atoms with Crippen LogP contribution in [0.2, 0.25) is 0 Å². The van der Waals surface area contributed by atoms with Crippen molar-refractivity contribution in [3.63, 3.8) is 0 Å². The standard InChI is InChI=1S/C20H30N4O4S/c1-13-11-24(12-14(2)28-13)20(27)15-3-7-23(8-4-15)9-5-17(25)22-19-16(18(21)26)6-10-29-19/h6,10,13-15H,3-5,7-9,11-12H2,1-2H3,(H2,21,26)(H,22,25). The van der Waals surface area contributed by atoms with E-state index >= 15 is 0 Å². The van der Waals surface area contributed by atoms with Gasteiger partial charge in [0.05, 0.1) is 17.8 Å². The minimum Gasteiger partial charge on any atom is -0.372 e. The molecule has 1 aromatic heterocycles. The summed E-state index contributed by atoms with van der Waals surface area (Å²) in [5.41, 5.74) is 5.64. The van der Waals surface area contributed by atoms with E-state index < -0.39 is 5.91 Å². The summed E-state index contributed by atoms with van der Waals surface area (Å²) in [5.74, 6) is -0.385. The summed E-state index contributed by atoms with van der Waals surface area (Å²) in [7, 11) is 0. The van der Waals surface area contributed by atoms with Crippen LogP contribution in [0.5, 0.6) is 0 Å². The molecular formula is C20H30N4O4S. The van der Waals surface area contributed by atoms with Gasteiger partial charge in [0, 0.05) is 32.0 Å². The number of nitrogens with two attached hydrogens (primary N) is 1. The normalized spacial score (nSPS) is 23.7. The number of nitrogens with one attached hydrogen (secondary N) is 1. The number of carbonyl (C=O) groups is 3. The first-order chi connectivity index (χ1) is 13.8. The Labute approximate surface area is 175 Å². The van der Waals surface area contributed by atoms with E-state index in [4.69, 9.17) is 10.5 Å². The van der Waals surface area contributed by atoms with Gasteiger partial charge in [0.1, 0.15) is 5.00 Å². The first-order valence-corrected chi connectivity index (χ1v) is 11.0. The van der Waals surface area contributed by atoms with Crippen LogP contribution in [0, 0.1) is 5.92 Å². The number of morpholine rings is 1. The van der Waals surface area contributed by atoms with Crippen LogP contribution in [-0.4, -0.2) is 72.5 Å². The molecule has 9 heteroatoms. The quantitative estimate of drug-likeness (QED) is 0.723. The van der Waals surface area contributed by atoms with Crippen LogP contribution in [-0.2, 0) is 14.3 Å². The molecule has 0 spiro atoms. The lowest BCUT2D eigenvalue weighted by Gasteiger charge is -2.39. The Kier molecular flexibility index (Phi) is 7.26. The minimum atomic E-state index is -0.544. The fraction of sp³-hybridized carbons (Fsp3) is 0.650. The van der Waals surface area contributed by atoms with Crippen LogP contribution in [0.15, 0.2) is 11.4 Å². The SMILES string of the molecule is CC1CN(C(=O)C2CCN(CCC(=O)Nc3sccc3C(N)=O)CC2)CC(C)O1. The van der Waals surface area contributed by atoms with Gasteiger partial charge in [0.25, 0.3) is 5.91 Å². The Balaban J connectivity index is 1.40. The Morgan fingerprint density at radius 1 is 1.21 bits per heavy atom. The lowest BCUT2D eigenvalue weighted by atomic mass is 9.94. The van der Waals surface area contributed by atoms with E-state index in [1.807, 2.05) is 18.7 Å². The molecule has 2 aliphatic rings. The average Bonchev–Trinajstić information content (AvgIpc) is 3.14. The number of thiophene rings is 1. The van der Waals surface area contributed by atoms with E-state index in [0.717, 1.165) is 25.9 Å². The monoisotopic (exact) mass is 422 g/mol. The van der Waals surface area contributed by atoms with Gasteiger partial charge < -0.3 is 25.6 Å². The molecule has 3 N–H and O–H groups in total. The summed E-state index contributed by atoms with van der Waals surface area (Å²) in [5, 5.41) is 5.00. The number of piperidine rings is 1. The van der Waals surface area contributed by atoms with E-state index in [0.29, 0.717) is 36.6 Å². The zero-order chi connectivity index (χ0) is 21.0. The second-order valence-corrected chi connectivity index (χ2v) is 8.86. The molecule has 0 saturated carbocycles. The summed E-state index contributed by atoms with van der Waals surface area (Å²) in [6.07, 6.45) is 2.14. The van der Waals surface area contributed by atoms with Crippen molar-refractivity contribution in [2.24, 2.45) is 11.7 Å². The summed E-state index contributed by atoms with van der Waals surface area (Å²) in [4.78, 5) is 40.6. The fourth-order valence-electron chi connectivity index (χ4n) is 4.07. The largest absolute Gasteiger partial charge is 0.372 e. The average molecular weight is 423 g/mol. The van der Waals surface area contributed by atoms with Crippen LogP contribution in [0.3, 0.4) is 0 Å². The second-order valence-electron chi connectivity index (χ2n) is 7.94. The van der Waals surface area contributed by atoms with Crippen molar-refractivity contribution in [1.29, 1.82) is 0 Å². The van der Waals surface area contributed by atoms with Crippen molar-refractivity contribution in [2.75, 3.05) is 38.0 Å². The number of amides is 3. The molecule has 2 saturated heterocycles. The van der Waals surface area contributed by atoms with Gasteiger partial charge in [0.15, 0.2) is 0 Å². The number of ether oxygens (including phenoxy) is 1. The van der Waals surface area contributed by atoms with Crippen molar-refractivity contribution in [2.45, 2.75) is 45.3 Å². The highest BCUT2D eigenvalue weighted by Crippen LogP contribution is 2.24. The van der Waals surface area contributed by atoms with Crippen LogP contribution in [0.4, 0.5) is 5.00 Å². The molecule has 29 heavy (non-hydrogen) atoms. The van der Waals surface area contributed by atoms with Crippen molar-refractivity contribution in [3.8, 4) is 0 Å². The van der Waals surface area contributed by atoms with Gasteiger partial charge in [-0.25, -0.2) is 0 Å². The molecule has 3 rings (SSSR count). The molecule has 0 bridgehead atoms. The molecule has 0 aromatic carbocycles. The topological polar surface area (TPSA) is 105 Å². The summed E-state index contributed by atoms with van der Waals surface area (Å²) < 4.78 is 5.72. The molecular weight excluding hydrogens is 392 g/mol. The molecule has 1 aromatic rings. The molecule has 2 atom stereocenters. The number of likely N-dealkylation sites (tertiary alicyclic amines) is 1. The van der Waals surface area contributed by atoms with Crippen molar-refractivity contribution < 1.29 is 19.1 Å². The van der Waals surface area contributed by atoms with Gasteiger partial charge >= 0.3 is 0 Å². The first kappa shape index (κ1) is 21.7. The predicted octanol–water partition coefficient (Wildman–Crippen LogP) is 1.52. The molecule has 3 heterocycles. The smallest absolute Gasteiger partial charge is 0.251 e. The fourth-order valence-corrected chi connectivity index (χ4v) is 4.88. The highest BCUT2D eigenvalue weighted by Gasteiger charge is 2.32. The third-order valence-electron chi connectivity index (χ3n) is 5.51. The zero-order valence-electron chi connectivity index (χ0n) is 17.1. The summed E-state index contributed by atoms with van der Waals surface area (Å²) >= 11 is 1.29. The number of hydrogen-bond donors (Lipinski definition) is 2. The molecule has 2 fully saturated rings. The maximum Gasteiger partial charge on any atom is 0.251 e. The highest BCUT2D eigenvalue weighted by atomic mass is 32.1. The van der Waals surface area contributed by atoms with E-state index in [1.165, 1.54) is 11.3 Å². The van der Waals surface area contributed by atoms with Gasteiger partial charge in [-0.3, -0.25) is 14.4 Å². The summed E-state index contributed by atoms with van der Waals surface area (Å²) in [6.45, 7) is 7.60. The Bertz CT molecular complexity index is 735. The second kappa shape index (κ2) is 9.69.